The minimum atomic E-state index is -1.81. The van der Waals surface area contributed by atoms with Crippen molar-refractivity contribution in [2.75, 3.05) is 7.11 Å². The molecule has 0 spiro atoms. The van der Waals surface area contributed by atoms with Crippen molar-refractivity contribution in [3.63, 3.8) is 0 Å². The largest absolute Gasteiger partial charge is 0.493 e. The van der Waals surface area contributed by atoms with E-state index < -0.39 is 8.32 Å². The molecule has 0 aromatic heterocycles. The van der Waals surface area contributed by atoms with Crippen molar-refractivity contribution in [2.45, 2.75) is 84.0 Å². The summed E-state index contributed by atoms with van der Waals surface area (Å²) in [6.07, 6.45) is 4.86. The zero-order chi connectivity index (χ0) is 16.8. The molecule has 2 aliphatic carbocycles. The molecule has 0 aromatic carbocycles. The van der Waals surface area contributed by atoms with Gasteiger partial charge in [-0.3, -0.25) is 4.79 Å². The van der Waals surface area contributed by atoms with E-state index in [-0.39, 0.29) is 22.3 Å². The van der Waals surface area contributed by atoms with Gasteiger partial charge in [-0.05, 0) is 49.4 Å². The van der Waals surface area contributed by atoms with Crippen molar-refractivity contribution in [1.82, 2.24) is 0 Å². The van der Waals surface area contributed by atoms with Crippen LogP contribution in [0.5, 0.6) is 0 Å². The fourth-order valence-electron chi connectivity index (χ4n) is 3.56. The third-order valence-corrected chi connectivity index (χ3v) is 10.6. The maximum Gasteiger partial charge on any atom is 0.197 e. The number of hydrogen-bond acceptors (Lipinski definition) is 3. The van der Waals surface area contributed by atoms with Crippen LogP contribution in [0.4, 0.5) is 0 Å². The standard InChI is InChI=1S/C18H32O3Si/c1-17(2,3)22(6,7)21-15-10-8-9-13-16(20-5)14(19)11-12-18(13,15)4/h15H,8-12H2,1-7H3/t15-,18-/m0/s1. The number of allylic oxidation sites excluding steroid dienone is 1. The van der Waals surface area contributed by atoms with E-state index in [1.807, 2.05) is 0 Å². The average Bonchev–Trinajstić information content (AvgIpc) is 2.39. The Labute approximate surface area is 136 Å². The van der Waals surface area contributed by atoms with E-state index in [4.69, 9.17) is 9.16 Å². The molecule has 0 unspecified atom stereocenters. The first-order valence-electron chi connectivity index (χ1n) is 8.51. The Morgan fingerprint density at radius 2 is 1.86 bits per heavy atom. The monoisotopic (exact) mass is 324 g/mol. The number of ether oxygens (including phenoxy) is 1. The van der Waals surface area contributed by atoms with E-state index in [2.05, 4.69) is 40.8 Å². The lowest BCUT2D eigenvalue weighted by atomic mass is 9.63. The molecular weight excluding hydrogens is 292 g/mol. The maximum atomic E-state index is 12.2. The Kier molecular flexibility index (Phi) is 4.67. The summed E-state index contributed by atoms with van der Waals surface area (Å²) in [5, 5.41) is 0.208. The Hall–Kier alpha value is -0.613. The second kappa shape index (κ2) is 5.79. The number of methoxy groups -OCH3 is 1. The van der Waals surface area contributed by atoms with Gasteiger partial charge in [-0.25, -0.2) is 0 Å². The van der Waals surface area contributed by atoms with Gasteiger partial charge in [0.25, 0.3) is 0 Å². The number of Topliss-reactive ketones (excluding diaryl/α,β-unsaturated/α-hetero) is 1. The van der Waals surface area contributed by atoms with Crippen molar-refractivity contribution in [1.29, 1.82) is 0 Å². The molecule has 1 fully saturated rings. The zero-order valence-electron chi connectivity index (χ0n) is 15.3. The Morgan fingerprint density at radius 3 is 2.41 bits per heavy atom. The smallest absolute Gasteiger partial charge is 0.197 e. The second-order valence-corrected chi connectivity index (χ2v) is 13.4. The van der Waals surface area contributed by atoms with Crippen molar-refractivity contribution in [3.8, 4) is 0 Å². The molecule has 0 saturated heterocycles. The van der Waals surface area contributed by atoms with Gasteiger partial charge >= 0.3 is 0 Å². The van der Waals surface area contributed by atoms with E-state index in [1.165, 1.54) is 5.57 Å². The summed E-state index contributed by atoms with van der Waals surface area (Å²) in [6.45, 7) is 13.8. The van der Waals surface area contributed by atoms with Gasteiger partial charge in [0.2, 0.25) is 0 Å². The van der Waals surface area contributed by atoms with Crippen LogP contribution in [0, 0.1) is 5.41 Å². The zero-order valence-corrected chi connectivity index (χ0v) is 16.3. The lowest BCUT2D eigenvalue weighted by Gasteiger charge is -2.50. The molecule has 22 heavy (non-hydrogen) atoms. The third-order valence-electron chi connectivity index (χ3n) is 6.14. The van der Waals surface area contributed by atoms with E-state index in [0.717, 1.165) is 25.7 Å². The minimum Gasteiger partial charge on any atom is -0.493 e. The summed E-state index contributed by atoms with van der Waals surface area (Å²) < 4.78 is 12.3. The fraction of sp³-hybridized carbons (Fsp3) is 0.833. The normalized spacial score (nSPS) is 30.3. The van der Waals surface area contributed by atoms with Crippen molar-refractivity contribution in [3.05, 3.63) is 11.3 Å². The highest BCUT2D eigenvalue weighted by molar-refractivity contribution is 6.74. The Bertz CT molecular complexity index is 487. The molecule has 2 atom stereocenters. The van der Waals surface area contributed by atoms with Gasteiger partial charge in [0.05, 0.1) is 13.2 Å². The highest BCUT2D eigenvalue weighted by Gasteiger charge is 2.50. The van der Waals surface area contributed by atoms with Crippen molar-refractivity contribution in [2.24, 2.45) is 5.41 Å². The summed E-state index contributed by atoms with van der Waals surface area (Å²) in [7, 11) is -0.184. The summed E-state index contributed by atoms with van der Waals surface area (Å²) in [6, 6.07) is 0. The molecular formula is C18H32O3Si. The summed E-state index contributed by atoms with van der Waals surface area (Å²) in [5.74, 6) is 0.792. The maximum absolute atomic E-state index is 12.2. The SMILES string of the molecule is COC1=C2CCC[C@H](O[Si](C)(C)C(C)(C)C)[C@@]2(C)CCC1=O. The Balaban J connectivity index is 2.35. The number of carbonyl (C=O) groups is 1. The first-order chi connectivity index (χ1) is 10.0. The number of hydrogen-bond donors (Lipinski definition) is 0. The summed E-state index contributed by atoms with van der Waals surface area (Å²) in [5.41, 5.74) is 1.17. The van der Waals surface area contributed by atoms with Gasteiger partial charge in [-0.2, -0.15) is 0 Å². The molecule has 0 radical (unpaired) electrons. The lowest BCUT2D eigenvalue weighted by molar-refractivity contribution is -0.121. The van der Waals surface area contributed by atoms with Gasteiger partial charge in [0, 0.05) is 11.8 Å². The van der Waals surface area contributed by atoms with Crippen LogP contribution < -0.4 is 0 Å². The number of rotatable bonds is 3. The van der Waals surface area contributed by atoms with Gasteiger partial charge < -0.3 is 9.16 Å². The summed E-state index contributed by atoms with van der Waals surface area (Å²) in [4.78, 5) is 12.2. The van der Waals surface area contributed by atoms with Crippen LogP contribution in [0.1, 0.15) is 59.8 Å². The molecule has 2 aliphatic rings. The van der Waals surface area contributed by atoms with Crippen LogP contribution >= 0.6 is 0 Å². The second-order valence-electron chi connectivity index (χ2n) is 8.61. The van der Waals surface area contributed by atoms with E-state index in [9.17, 15) is 4.79 Å². The lowest BCUT2D eigenvalue weighted by Crippen LogP contribution is -2.51. The minimum absolute atomic E-state index is 0.0347. The third kappa shape index (κ3) is 2.92. The van der Waals surface area contributed by atoms with Crippen LogP contribution in [0.2, 0.25) is 18.1 Å². The summed E-state index contributed by atoms with van der Waals surface area (Å²) >= 11 is 0. The van der Waals surface area contributed by atoms with E-state index in [0.29, 0.717) is 12.2 Å². The molecule has 0 amide bonds. The Morgan fingerprint density at radius 1 is 1.23 bits per heavy atom. The fourth-order valence-corrected chi connectivity index (χ4v) is 5.00. The molecule has 0 bridgehead atoms. The van der Waals surface area contributed by atoms with Gasteiger partial charge in [-0.15, -0.1) is 0 Å². The van der Waals surface area contributed by atoms with Crippen LogP contribution in [0.15, 0.2) is 11.3 Å². The molecule has 0 N–H and O–H groups in total. The van der Waals surface area contributed by atoms with E-state index >= 15 is 0 Å². The molecule has 0 aliphatic heterocycles. The topological polar surface area (TPSA) is 35.5 Å². The average molecular weight is 325 g/mol. The van der Waals surface area contributed by atoms with Crippen LogP contribution in [0.3, 0.4) is 0 Å². The van der Waals surface area contributed by atoms with Crippen molar-refractivity contribution >= 4 is 14.1 Å². The molecule has 1 saturated carbocycles. The first-order valence-corrected chi connectivity index (χ1v) is 11.4. The highest BCUT2D eigenvalue weighted by Crippen LogP contribution is 2.52. The molecule has 2 rings (SSSR count). The van der Waals surface area contributed by atoms with Crippen molar-refractivity contribution < 1.29 is 14.0 Å². The number of fused-ring (bicyclic) bond motifs is 1. The molecule has 4 heteroatoms. The number of ketones is 1. The molecule has 0 heterocycles. The van der Waals surface area contributed by atoms with Gasteiger partial charge in [0.15, 0.2) is 19.9 Å². The quantitative estimate of drug-likeness (QED) is 0.697. The predicted molar refractivity (Wildman–Crippen MR) is 92.3 cm³/mol. The molecule has 126 valence electrons. The van der Waals surface area contributed by atoms with Crippen LogP contribution in [-0.4, -0.2) is 27.3 Å². The predicted octanol–water partition coefficient (Wildman–Crippen LogP) is 4.83. The number of carbonyl (C=O) groups excluding carboxylic acids is 1. The van der Waals surface area contributed by atoms with Crippen LogP contribution in [0.25, 0.3) is 0 Å². The molecule has 3 nitrogen and oxygen atoms in total. The van der Waals surface area contributed by atoms with Gasteiger partial charge in [-0.1, -0.05) is 27.7 Å². The van der Waals surface area contributed by atoms with Crippen LogP contribution in [-0.2, 0) is 14.0 Å². The van der Waals surface area contributed by atoms with Gasteiger partial charge in [0.1, 0.15) is 0 Å². The van der Waals surface area contributed by atoms with E-state index in [1.54, 1.807) is 7.11 Å². The highest BCUT2D eigenvalue weighted by atomic mass is 28.4. The first kappa shape index (κ1) is 17.7. The molecule has 0 aromatic rings.